The molecule has 10 heavy (non-hydrogen) atoms. The third kappa shape index (κ3) is 1.51. The SMILES string of the molecule is C.Nc1ccc(C(=O)O)o1. The van der Waals surface area contributed by atoms with Crippen LogP contribution in [0.1, 0.15) is 18.0 Å². The highest BCUT2D eigenvalue weighted by Crippen LogP contribution is 2.07. The lowest BCUT2D eigenvalue weighted by molar-refractivity contribution is 0.0663. The second kappa shape index (κ2) is 2.91. The molecule has 0 fully saturated rings. The molecule has 1 rings (SSSR count). The van der Waals surface area contributed by atoms with E-state index >= 15 is 0 Å². The number of rotatable bonds is 1. The number of carboxylic acids is 1. The number of nitrogens with two attached hydrogens (primary N) is 1. The summed E-state index contributed by atoms with van der Waals surface area (Å²) in [5.74, 6) is -1.12. The summed E-state index contributed by atoms with van der Waals surface area (Å²) < 4.78 is 4.52. The highest BCUT2D eigenvalue weighted by molar-refractivity contribution is 5.84. The van der Waals surface area contributed by atoms with Crippen molar-refractivity contribution in [2.75, 3.05) is 5.73 Å². The van der Waals surface area contributed by atoms with Gasteiger partial charge >= 0.3 is 5.97 Å². The Morgan fingerprint density at radius 2 is 2.20 bits per heavy atom. The molecule has 0 unspecified atom stereocenters. The van der Waals surface area contributed by atoms with Gasteiger partial charge in [-0.15, -0.1) is 0 Å². The molecular formula is C6H9NO3. The van der Waals surface area contributed by atoms with Gasteiger partial charge in [-0.25, -0.2) is 4.79 Å². The van der Waals surface area contributed by atoms with Crippen LogP contribution in [0.2, 0.25) is 0 Å². The molecule has 0 atom stereocenters. The predicted octanol–water partition coefficient (Wildman–Crippen LogP) is 1.20. The second-order valence-electron chi connectivity index (χ2n) is 1.51. The Kier molecular flexibility index (Phi) is 2.49. The third-order valence-corrected chi connectivity index (χ3v) is 0.838. The molecule has 1 aromatic rings. The van der Waals surface area contributed by atoms with Gasteiger partial charge in [0.05, 0.1) is 0 Å². The maximum absolute atomic E-state index is 10.1. The molecule has 56 valence electrons. The van der Waals surface area contributed by atoms with E-state index in [1.54, 1.807) is 0 Å². The Balaban J connectivity index is 0.000000810. The van der Waals surface area contributed by atoms with Gasteiger partial charge in [-0.2, -0.15) is 0 Å². The minimum absolute atomic E-state index is 0. The molecule has 0 aliphatic heterocycles. The fourth-order valence-corrected chi connectivity index (χ4v) is 0.468. The van der Waals surface area contributed by atoms with Crippen LogP contribution < -0.4 is 5.73 Å². The maximum Gasteiger partial charge on any atom is 0.371 e. The zero-order chi connectivity index (χ0) is 6.85. The van der Waals surface area contributed by atoms with E-state index in [1.807, 2.05) is 0 Å². The first kappa shape index (κ1) is 8.55. The van der Waals surface area contributed by atoms with Gasteiger partial charge in [-0.3, -0.25) is 0 Å². The van der Waals surface area contributed by atoms with Gasteiger partial charge in [-0.05, 0) is 6.07 Å². The van der Waals surface area contributed by atoms with Crippen LogP contribution in [0.3, 0.4) is 0 Å². The van der Waals surface area contributed by atoms with E-state index in [0.29, 0.717) is 0 Å². The number of furan rings is 1. The number of anilines is 1. The quantitative estimate of drug-likeness (QED) is 0.619. The molecule has 1 heterocycles. The fraction of sp³-hybridized carbons (Fsp3) is 0.167. The molecule has 1 aromatic heterocycles. The van der Waals surface area contributed by atoms with Crippen molar-refractivity contribution in [1.29, 1.82) is 0 Å². The van der Waals surface area contributed by atoms with E-state index in [-0.39, 0.29) is 19.1 Å². The molecule has 0 aromatic carbocycles. The Morgan fingerprint density at radius 1 is 1.60 bits per heavy atom. The van der Waals surface area contributed by atoms with Crippen molar-refractivity contribution in [3.05, 3.63) is 17.9 Å². The Bertz CT molecular complexity index is 229. The largest absolute Gasteiger partial charge is 0.475 e. The lowest BCUT2D eigenvalue weighted by atomic mass is 10.5. The van der Waals surface area contributed by atoms with Gasteiger partial charge in [0.1, 0.15) is 0 Å². The van der Waals surface area contributed by atoms with Gasteiger partial charge < -0.3 is 15.3 Å². The zero-order valence-corrected chi connectivity index (χ0v) is 4.50. The monoisotopic (exact) mass is 143 g/mol. The first-order valence-electron chi connectivity index (χ1n) is 2.29. The molecule has 0 bridgehead atoms. The molecule has 4 heteroatoms. The minimum Gasteiger partial charge on any atom is -0.475 e. The van der Waals surface area contributed by atoms with Gasteiger partial charge in [0.25, 0.3) is 0 Å². The van der Waals surface area contributed by atoms with Crippen molar-refractivity contribution < 1.29 is 14.3 Å². The molecule has 0 saturated carbocycles. The summed E-state index contributed by atoms with van der Waals surface area (Å²) in [6.07, 6.45) is 0. The first-order valence-corrected chi connectivity index (χ1v) is 2.29. The average molecular weight is 143 g/mol. The number of carbonyl (C=O) groups is 1. The van der Waals surface area contributed by atoms with Crippen molar-refractivity contribution in [3.63, 3.8) is 0 Å². The highest BCUT2D eigenvalue weighted by atomic mass is 16.4. The van der Waals surface area contributed by atoms with Crippen LogP contribution in [-0.2, 0) is 0 Å². The lowest BCUT2D eigenvalue weighted by Gasteiger charge is -1.82. The normalized spacial score (nSPS) is 8.40. The van der Waals surface area contributed by atoms with E-state index in [2.05, 4.69) is 4.42 Å². The maximum atomic E-state index is 10.1. The first-order chi connectivity index (χ1) is 4.20. The average Bonchev–Trinajstić information content (AvgIpc) is 2.14. The van der Waals surface area contributed by atoms with E-state index in [0.717, 1.165) is 0 Å². The van der Waals surface area contributed by atoms with Crippen LogP contribution in [0, 0.1) is 0 Å². The van der Waals surface area contributed by atoms with Crippen LogP contribution in [0.4, 0.5) is 5.88 Å². The van der Waals surface area contributed by atoms with Gasteiger partial charge in [0.2, 0.25) is 5.76 Å². The van der Waals surface area contributed by atoms with Crippen LogP contribution in [0.5, 0.6) is 0 Å². The third-order valence-electron chi connectivity index (χ3n) is 0.838. The molecular weight excluding hydrogens is 134 g/mol. The topological polar surface area (TPSA) is 76.5 Å². The molecule has 0 aliphatic carbocycles. The second-order valence-corrected chi connectivity index (χ2v) is 1.51. The Labute approximate surface area is 58.3 Å². The number of hydrogen-bond donors (Lipinski definition) is 2. The van der Waals surface area contributed by atoms with Crippen LogP contribution in [-0.4, -0.2) is 11.1 Å². The van der Waals surface area contributed by atoms with Crippen molar-refractivity contribution in [3.8, 4) is 0 Å². The summed E-state index contributed by atoms with van der Waals surface area (Å²) in [5.41, 5.74) is 5.09. The fourth-order valence-electron chi connectivity index (χ4n) is 0.468. The summed E-state index contributed by atoms with van der Waals surface area (Å²) in [4.78, 5) is 10.1. The van der Waals surface area contributed by atoms with Crippen molar-refractivity contribution >= 4 is 11.9 Å². The number of hydrogen-bond acceptors (Lipinski definition) is 3. The van der Waals surface area contributed by atoms with E-state index in [4.69, 9.17) is 10.8 Å². The molecule has 0 radical (unpaired) electrons. The Morgan fingerprint density at radius 3 is 2.40 bits per heavy atom. The summed E-state index contributed by atoms with van der Waals surface area (Å²) in [5, 5.41) is 8.25. The molecule has 0 spiro atoms. The standard InChI is InChI=1S/C5H5NO3.CH4/c6-4-2-1-3(9-4)5(7)8;/h1-2H,6H2,(H,7,8);1H4. The van der Waals surface area contributed by atoms with Crippen LogP contribution in [0.25, 0.3) is 0 Å². The van der Waals surface area contributed by atoms with E-state index in [9.17, 15) is 4.79 Å². The summed E-state index contributed by atoms with van der Waals surface area (Å²) >= 11 is 0. The minimum atomic E-state index is -1.10. The van der Waals surface area contributed by atoms with E-state index < -0.39 is 5.97 Å². The number of aromatic carboxylic acids is 1. The summed E-state index contributed by atoms with van der Waals surface area (Å²) in [6.45, 7) is 0. The number of nitrogen functional groups attached to an aromatic ring is 1. The van der Waals surface area contributed by atoms with Crippen LogP contribution >= 0.6 is 0 Å². The zero-order valence-electron chi connectivity index (χ0n) is 4.50. The van der Waals surface area contributed by atoms with Crippen molar-refractivity contribution in [1.82, 2.24) is 0 Å². The smallest absolute Gasteiger partial charge is 0.371 e. The molecule has 4 nitrogen and oxygen atoms in total. The van der Waals surface area contributed by atoms with Crippen LogP contribution in [0.15, 0.2) is 16.5 Å². The van der Waals surface area contributed by atoms with Gasteiger partial charge in [0.15, 0.2) is 5.88 Å². The Hall–Kier alpha value is -1.45. The van der Waals surface area contributed by atoms with Crippen molar-refractivity contribution in [2.45, 2.75) is 7.43 Å². The van der Waals surface area contributed by atoms with E-state index in [1.165, 1.54) is 12.1 Å². The van der Waals surface area contributed by atoms with Gasteiger partial charge in [-0.1, -0.05) is 7.43 Å². The predicted molar refractivity (Wildman–Crippen MR) is 36.8 cm³/mol. The molecule has 0 saturated heterocycles. The van der Waals surface area contributed by atoms with Gasteiger partial charge in [0, 0.05) is 6.07 Å². The van der Waals surface area contributed by atoms with Crippen molar-refractivity contribution in [2.24, 2.45) is 0 Å². The molecule has 3 N–H and O–H groups in total. The molecule has 0 amide bonds. The molecule has 0 aliphatic rings. The lowest BCUT2D eigenvalue weighted by Crippen LogP contribution is -1.91. The summed E-state index contributed by atoms with van der Waals surface area (Å²) in [6, 6.07) is 2.70. The number of carboxylic acid groups (broad SMARTS) is 1. The highest BCUT2D eigenvalue weighted by Gasteiger charge is 2.05. The summed E-state index contributed by atoms with van der Waals surface area (Å²) in [7, 11) is 0.